The molecule has 1 aromatic heterocycles. The molecule has 0 fully saturated rings. The first-order valence-electron chi connectivity index (χ1n) is 6.69. The maximum Gasteiger partial charge on any atom is 0.737 e. The summed E-state index contributed by atoms with van der Waals surface area (Å²) in [6.45, 7) is -3.83. The molecule has 2 aliphatic heterocycles. The van der Waals surface area contributed by atoms with E-state index in [4.69, 9.17) is 0 Å². The molecule has 22 heavy (non-hydrogen) atoms. The minimum atomic E-state index is -3.83. The van der Waals surface area contributed by atoms with Crippen molar-refractivity contribution in [2.45, 2.75) is 0 Å². The molecule has 0 atom stereocenters. The standard InChI is InChI=1S/C15H9BBrF2IN2/c17-11-7-10(8-12(20)9-11)15-13-3-1-5-21(13)16(18,19)22-6-2-4-14(15)22/h1-9H. The average molecular weight is 473 g/mol. The SMILES string of the molecule is F[B-]1(F)n2cccc2C(c2cc(Br)cc(I)c2)=C2C=CC=[N+]21. The van der Waals surface area contributed by atoms with E-state index >= 15 is 0 Å². The molecule has 0 unspecified atom stereocenters. The van der Waals surface area contributed by atoms with E-state index in [2.05, 4.69) is 38.5 Å². The number of hydrogen-bond donors (Lipinski definition) is 0. The quantitative estimate of drug-likeness (QED) is 0.426. The Morgan fingerprint density at radius 2 is 2.05 bits per heavy atom. The van der Waals surface area contributed by atoms with Gasteiger partial charge in [-0.1, -0.05) is 15.9 Å². The number of aromatic nitrogens is 1. The summed E-state index contributed by atoms with van der Waals surface area (Å²) in [5.74, 6) is 0. The van der Waals surface area contributed by atoms with Crippen LogP contribution in [0.15, 0.2) is 58.9 Å². The van der Waals surface area contributed by atoms with Gasteiger partial charge in [-0.2, -0.15) is 0 Å². The van der Waals surface area contributed by atoms with E-state index in [0.29, 0.717) is 11.4 Å². The fourth-order valence-electron chi connectivity index (χ4n) is 3.01. The topological polar surface area (TPSA) is 7.94 Å². The van der Waals surface area contributed by atoms with Gasteiger partial charge in [-0.15, -0.1) is 0 Å². The van der Waals surface area contributed by atoms with E-state index < -0.39 is 6.97 Å². The zero-order valence-corrected chi connectivity index (χ0v) is 14.9. The van der Waals surface area contributed by atoms with Gasteiger partial charge >= 0.3 is 6.97 Å². The smallest absolute Gasteiger partial charge is 0.396 e. The van der Waals surface area contributed by atoms with Crippen LogP contribution in [-0.2, 0) is 0 Å². The monoisotopic (exact) mass is 472 g/mol. The van der Waals surface area contributed by atoms with Gasteiger partial charge in [-0.3, -0.25) is 0 Å². The molecule has 0 aliphatic carbocycles. The number of hydrogen-bond acceptors (Lipinski definition) is 0. The molecule has 1 aromatic carbocycles. The molecule has 2 nitrogen and oxygen atoms in total. The molecule has 0 amide bonds. The molecule has 110 valence electrons. The minimum Gasteiger partial charge on any atom is -0.396 e. The van der Waals surface area contributed by atoms with Crippen molar-refractivity contribution in [1.29, 1.82) is 0 Å². The lowest BCUT2D eigenvalue weighted by Gasteiger charge is -2.31. The van der Waals surface area contributed by atoms with Crippen LogP contribution in [0.1, 0.15) is 11.3 Å². The Balaban J connectivity index is 2.06. The summed E-state index contributed by atoms with van der Waals surface area (Å²) < 4.78 is 33.5. The van der Waals surface area contributed by atoms with Crippen LogP contribution in [0.2, 0.25) is 0 Å². The van der Waals surface area contributed by atoms with Crippen molar-refractivity contribution in [2.75, 3.05) is 0 Å². The zero-order chi connectivity index (χ0) is 15.5. The first kappa shape index (κ1) is 14.4. The largest absolute Gasteiger partial charge is 0.737 e. The highest BCUT2D eigenvalue weighted by atomic mass is 127. The average Bonchev–Trinajstić information content (AvgIpc) is 3.06. The molecule has 7 heteroatoms. The lowest BCUT2D eigenvalue weighted by Crippen LogP contribution is -2.49. The van der Waals surface area contributed by atoms with Gasteiger partial charge in [-0.05, 0) is 64.7 Å². The predicted octanol–water partition coefficient (Wildman–Crippen LogP) is 4.50. The number of fused-ring (bicyclic) bond motifs is 2. The molecule has 2 aliphatic rings. The van der Waals surface area contributed by atoms with Crippen LogP contribution in [0.5, 0.6) is 0 Å². The third-order valence-corrected chi connectivity index (χ3v) is 4.97. The summed E-state index contributed by atoms with van der Waals surface area (Å²) in [7, 11) is 0. The van der Waals surface area contributed by atoms with Gasteiger partial charge in [0.05, 0.1) is 5.57 Å². The number of benzene rings is 1. The van der Waals surface area contributed by atoms with E-state index in [-0.39, 0.29) is 0 Å². The number of halogens is 4. The van der Waals surface area contributed by atoms with E-state index in [9.17, 15) is 8.63 Å². The summed E-state index contributed by atoms with van der Waals surface area (Å²) >= 11 is 5.72. The van der Waals surface area contributed by atoms with E-state index in [0.717, 1.165) is 28.1 Å². The minimum absolute atomic E-state index is 0.546. The van der Waals surface area contributed by atoms with Crippen LogP contribution < -0.4 is 0 Å². The van der Waals surface area contributed by atoms with Crippen molar-refractivity contribution < 1.29 is 13.1 Å². The lowest BCUT2D eigenvalue weighted by molar-refractivity contribution is -0.356. The van der Waals surface area contributed by atoms with Crippen LogP contribution in [0.25, 0.3) is 5.57 Å². The van der Waals surface area contributed by atoms with E-state index in [1.54, 1.807) is 24.3 Å². The third kappa shape index (κ3) is 1.98. The lowest BCUT2D eigenvalue weighted by atomic mass is 9.86. The highest BCUT2D eigenvalue weighted by Gasteiger charge is 2.51. The molecular weight excluding hydrogens is 464 g/mol. The second-order valence-corrected chi connectivity index (χ2v) is 7.38. The van der Waals surface area contributed by atoms with Crippen molar-refractivity contribution in [3.8, 4) is 0 Å². The normalized spacial score (nSPS) is 18.3. The molecule has 0 spiro atoms. The molecular formula is C15H9BBrF2IN2. The summed E-state index contributed by atoms with van der Waals surface area (Å²) in [6.07, 6.45) is 6.30. The summed E-state index contributed by atoms with van der Waals surface area (Å²) in [6, 6.07) is 9.37. The highest BCUT2D eigenvalue weighted by molar-refractivity contribution is 14.1. The molecule has 4 rings (SSSR count). The zero-order valence-electron chi connectivity index (χ0n) is 11.2. The van der Waals surface area contributed by atoms with Crippen LogP contribution in [0.4, 0.5) is 8.63 Å². The fourth-order valence-corrected chi connectivity index (χ4v) is 4.60. The number of allylic oxidation sites excluding steroid dienone is 2. The van der Waals surface area contributed by atoms with Gasteiger partial charge in [0.15, 0.2) is 5.70 Å². The second-order valence-electron chi connectivity index (χ2n) is 5.22. The third-order valence-electron chi connectivity index (χ3n) is 3.89. The van der Waals surface area contributed by atoms with Gasteiger partial charge in [0.25, 0.3) is 0 Å². The second kappa shape index (κ2) is 4.89. The van der Waals surface area contributed by atoms with Crippen molar-refractivity contribution in [3.63, 3.8) is 0 Å². The van der Waals surface area contributed by atoms with E-state index in [1.807, 2.05) is 18.2 Å². The van der Waals surface area contributed by atoms with Crippen molar-refractivity contribution in [3.05, 3.63) is 73.7 Å². The Bertz CT molecular complexity index is 878. The van der Waals surface area contributed by atoms with Crippen LogP contribution >= 0.6 is 38.5 Å². The molecule has 0 saturated heterocycles. The number of rotatable bonds is 1. The summed E-state index contributed by atoms with van der Waals surface area (Å²) in [5.41, 5.74) is 2.84. The maximum absolute atomic E-state index is 14.7. The molecule has 3 heterocycles. The van der Waals surface area contributed by atoms with Gasteiger partial charge < -0.3 is 17.6 Å². The number of nitrogens with zero attached hydrogens (tertiary/aromatic N) is 2. The summed E-state index contributed by atoms with van der Waals surface area (Å²) in [5, 5.41) is 0. The van der Waals surface area contributed by atoms with Crippen LogP contribution in [0.3, 0.4) is 0 Å². The van der Waals surface area contributed by atoms with Gasteiger partial charge in [0.2, 0.25) is 0 Å². The maximum atomic E-state index is 14.7. The Morgan fingerprint density at radius 1 is 1.23 bits per heavy atom. The van der Waals surface area contributed by atoms with Crippen LogP contribution in [-0.4, -0.2) is 22.1 Å². The van der Waals surface area contributed by atoms with Crippen molar-refractivity contribution in [1.82, 2.24) is 4.48 Å². The van der Waals surface area contributed by atoms with E-state index in [1.165, 1.54) is 12.4 Å². The molecule has 0 N–H and O–H groups in total. The van der Waals surface area contributed by atoms with Crippen LogP contribution in [0, 0.1) is 3.57 Å². The molecule has 2 aromatic rings. The van der Waals surface area contributed by atoms with Crippen molar-refractivity contribution in [2.24, 2.45) is 0 Å². The predicted molar refractivity (Wildman–Crippen MR) is 96.1 cm³/mol. The van der Waals surface area contributed by atoms with Gasteiger partial charge in [0.1, 0.15) is 6.21 Å². The Labute approximate surface area is 148 Å². The first-order valence-corrected chi connectivity index (χ1v) is 8.56. The molecule has 0 saturated carbocycles. The van der Waals surface area contributed by atoms with Gasteiger partial charge in [0, 0.05) is 25.9 Å². The first-order chi connectivity index (χ1) is 10.5. The highest BCUT2D eigenvalue weighted by Crippen LogP contribution is 2.39. The van der Waals surface area contributed by atoms with Gasteiger partial charge in [-0.25, -0.2) is 0 Å². The Hall–Kier alpha value is -1.22. The Morgan fingerprint density at radius 3 is 2.82 bits per heavy atom. The fraction of sp³-hybridized carbons (Fsp3) is 0. The van der Waals surface area contributed by atoms with Crippen molar-refractivity contribution >= 4 is 57.3 Å². The summed E-state index contributed by atoms with van der Waals surface area (Å²) in [4.78, 5) is 0. The molecule has 0 radical (unpaired) electrons. The Kier molecular flexibility index (Phi) is 3.20. The molecule has 0 bridgehead atoms.